The van der Waals surface area contributed by atoms with Gasteiger partial charge in [0.05, 0.1) is 17.8 Å². The van der Waals surface area contributed by atoms with Gasteiger partial charge in [-0.15, -0.1) is 11.3 Å². The molecule has 0 N–H and O–H groups in total. The molecule has 1 aromatic carbocycles. The largest absolute Gasteiger partial charge is 0.491 e. The molecule has 0 unspecified atom stereocenters. The summed E-state index contributed by atoms with van der Waals surface area (Å²) < 4.78 is 18.7. The van der Waals surface area contributed by atoms with E-state index < -0.39 is 5.82 Å². The van der Waals surface area contributed by atoms with Crippen LogP contribution in [-0.2, 0) is 0 Å². The molecule has 17 heavy (non-hydrogen) atoms. The monoisotopic (exact) mass is 248 g/mol. The van der Waals surface area contributed by atoms with Crippen LogP contribution in [0.5, 0.6) is 5.75 Å². The number of hydrogen-bond donors (Lipinski definition) is 0. The van der Waals surface area contributed by atoms with Gasteiger partial charge in [-0.25, -0.2) is 9.37 Å². The van der Waals surface area contributed by atoms with Crippen LogP contribution in [0, 0.1) is 17.1 Å². The fourth-order valence-electron chi connectivity index (χ4n) is 1.45. The third kappa shape index (κ3) is 2.27. The van der Waals surface area contributed by atoms with Crippen molar-refractivity contribution in [2.24, 2.45) is 0 Å². The van der Waals surface area contributed by atoms with Gasteiger partial charge in [0.15, 0.2) is 11.6 Å². The number of thiazole rings is 1. The zero-order chi connectivity index (χ0) is 12.3. The summed E-state index contributed by atoms with van der Waals surface area (Å²) in [5.74, 6) is -0.230. The first-order valence-electron chi connectivity index (χ1n) is 5.02. The standard InChI is InChI=1S/C12H9FN2OS/c1-2-16-10-4-3-8(5-9(10)13)12-11(6-14)17-7-15-12/h3-5,7H,2H2,1H3. The Balaban J connectivity index is 2.42. The van der Waals surface area contributed by atoms with Crippen molar-refractivity contribution in [1.82, 2.24) is 4.98 Å². The molecule has 2 rings (SSSR count). The molecular weight excluding hydrogens is 239 g/mol. The Kier molecular flexibility index (Phi) is 3.35. The molecule has 86 valence electrons. The summed E-state index contributed by atoms with van der Waals surface area (Å²) in [7, 11) is 0. The fraction of sp³-hybridized carbons (Fsp3) is 0.167. The van der Waals surface area contributed by atoms with Gasteiger partial charge < -0.3 is 4.74 Å². The van der Waals surface area contributed by atoms with Crippen LogP contribution in [0.3, 0.4) is 0 Å². The van der Waals surface area contributed by atoms with Crippen LogP contribution in [0.1, 0.15) is 11.8 Å². The van der Waals surface area contributed by atoms with E-state index in [1.165, 1.54) is 17.4 Å². The van der Waals surface area contributed by atoms with Gasteiger partial charge in [-0.3, -0.25) is 0 Å². The lowest BCUT2D eigenvalue weighted by atomic mass is 10.1. The Morgan fingerprint density at radius 1 is 1.53 bits per heavy atom. The van der Waals surface area contributed by atoms with Crippen LogP contribution in [0.15, 0.2) is 23.7 Å². The Morgan fingerprint density at radius 2 is 2.35 bits per heavy atom. The maximum atomic E-state index is 13.6. The summed E-state index contributed by atoms with van der Waals surface area (Å²) in [6.45, 7) is 2.21. The molecular formula is C12H9FN2OS. The van der Waals surface area contributed by atoms with E-state index in [9.17, 15) is 4.39 Å². The molecule has 0 atom stereocenters. The number of benzene rings is 1. The summed E-state index contributed by atoms with van der Waals surface area (Å²) in [5, 5.41) is 8.88. The zero-order valence-electron chi connectivity index (χ0n) is 9.11. The second-order valence-corrected chi connectivity index (χ2v) is 4.07. The molecule has 1 heterocycles. The summed E-state index contributed by atoms with van der Waals surface area (Å²) in [6.07, 6.45) is 0. The van der Waals surface area contributed by atoms with E-state index in [0.717, 1.165) is 0 Å². The Labute approximate surface area is 102 Å². The van der Waals surface area contributed by atoms with Crippen LogP contribution in [-0.4, -0.2) is 11.6 Å². The summed E-state index contributed by atoms with van der Waals surface area (Å²) in [6, 6.07) is 6.62. The lowest BCUT2D eigenvalue weighted by Crippen LogP contribution is -1.94. The highest BCUT2D eigenvalue weighted by molar-refractivity contribution is 7.10. The van der Waals surface area contributed by atoms with E-state index >= 15 is 0 Å². The first-order valence-corrected chi connectivity index (χ1v) is 5.90. The van der Waals surface area contributed by atoms with Gasteiger partial charge in [-0.2, -0.15) is 5.26 Å². The second kappa shape index (κ2) is 4.93. The highest BCUT2D eigenvalue weighted by Crippen LogP contribution is 2.28. The first kappa shape index (κ1) is 11.6. The maximum absolute atomic E-state index is 13.6. The SMILES string of the molecule is CCOc1ccc(-c2ncsc2C#N)cc1F. The van der Waals surface area contributed by atoms with Crippen LogP contribution in [0.2, 0.25) is 0 Å². The molecule has 0 spiro atoms. The van der Waals surface area contributed by atoms with Crippen LogP contribution in [0.4, 0.5) is 4.39 Å². The minimum atomic E-state index is -0.443. The van der Waals surface area contributed by atoms with E-state index in [4.69, 9.17) is 10.00 Å². The van der Waals surface area contributed by atoms with Gasteiger partial charge in [0.2, 0.25) is 0 Å². The quantitative estimate of drug-likeness (QED) is 0.837. The topological polar surface area (TPSA) is 45.9 Å². The Hall–Kier alpha value is -1.93. The van der Waals surface area contributed by atoms with Gasteiger partial charge >= 0.3 is 0 Å². The van der Waals surface area contributed by atoms with E-state index in [1.807, 2.05) is 6.07 Å². The molecule has 3 nitrogen and oxygen atoms in total. The van der Waals surface area contributed by atoms with Crippen molar-refractivity contribution in [3.05, 3.63) is 34.4 Å². The molecule has 0 aliphatic carbocycles. The molecule has 1 aromatic heterocycles. The van der Waals surface area contributed by atoms with Crippen molar-refractivity contribution in [2.45, 2.75) is 6.92 Å². The van der Waals surface area contributed by atoms with Gasteiger partial charge in [-0.05, 0) is 25.1 Å². The van der Waals surface area contributed by atoms with Crippen molar-refractivity contribution in [2.75, 3.05) is 6.61 Å². The number of aromatic nitrogens is 1. The average Bonchev–Trinajstić information content (AvgIpc) is 2.80. The number of halogens is 1. The smallest absolute Gasteiger partial charge is 0.165 e. The van der Waals surface area contributed by atoms with Gasteiger partial charge in [0.25, 0.3) is 0 Å². The number of rotatable bonds is 3. The zero-order valence-corrected chi connectivity index (χ0v) is 9.92. The van der Waals surface area contributed by atoms with Crippen molar-refractivity contribution in [3.63, 3.8) is 0 Å². The third-order valence-corrected chi connectivity index (χ3v) is 2.91. The highest BCUT2D eigenvalue weighted by Gasteiger charge is 2.11. The molecule has 0 aliphatic rings. The van der Waals surface area contributed by atoms with Crippen molar-refractivity contribution in [3.8, 4) is 23.1 Å². The van der Waals surface area contributed by atoms with Crippen molar-refractivity contribution >= 4 is 11.3 Å². The highest BCUT2D eigenvalue weighted by atomic mass is 32.1. The summed E-state index contributed by atoms with van der Waals surface area (Å²) in [4.78, 5) is 4.54. The van der Waals surface area contributed by atoms with Crippen molar-refractivity contribution < 1.29 is 9.13 Å². The molecule has 0 radical (unpaired) electrons. The van der Waals surface area contributed by atoms with Crippen LogP contribution < -0.4 is 4.74 Å². The molecule has 0 saturated heterocycles. The minimum Gasteiger partial charge on any atom is -0.491 e. The van der Waals surface area contributed by atoms with E-state index in [2.05, 4.69) is 4.98 Å². The molecule has 0 bridgehead atoms. The van der Waals surface area contributed by atoms with Gasteiger partial charge in [0, 0.05) is 5.56 Å². The van der Waals surface area contributed by atoms with E-state index in [1.54, 1.807) is 24.6 Å². The molecule has 0 amide bonds. The van der Waals surface area contributed by atoms with Crippen LogP contribution >= 0.6 is 11.3 Å². The second-order valence-electron chi connectivity index (χ2n) is 3.22. The lowest BCUT2D eigenvalue weighted by Gasteiger charge is -2.05. The fourth-order valence-corrected chi connectivity index (χ4v) is 2.05. The molecule has 5 heteroatoms. The average molecular weight is 248 g/mol. The van der Waals surface area contributed by atoms with Gasteiger partial charge in [-0.1, -0.05) is 0 Å². The predicted octanol–water partition coefficient (Wildman–Crippen LogP) is 3.22. The van der Waals surface area contributed by atoms with Gasteiger partial charge in [0.1, 0.15) is 10.9 Å². The minimum absolute atomic E-state index is 0.213. The van der Waals surface area contributed by atoms with E-state index in [0.29, 0.717) is 22.7 Å². The van der Waals surface area contributed by atoms with E-state index in [-0.39, 0.29) is 5.75 Å². The maximum Gasteiger partial charge on any atom is 0.165 e. The molecule has 2 aromatic rings. The normalized spacial score (nSPS) is 9.94. The molecule has 0 fully saturated rings. The Morgan fingerprint density at radius 3 is 3.00 bits per heavy atom. The van der Waals surface area contributed by atoms with Crippen LogP contribution in [0.25, 0.3) is 11.3 Å². The lowest BCUT2D eigenvalue weighted by molar-refractivity contribution is 0.321. The molecule has 0 saturated carbocycles. The predicted molar refractivity (Wildman–Crippen MR) is 63.4 cm³/mol. The van der Waals surface area contributed by atoms with Crippen molar-refractivity contribution in [1.29, 1.82) is 5.26 Å². The number of ether oxygens (including phenoxy) is 1. The number of hydrogen-bond acceptors (Lipinski definition) is 4. The first-order chi connectivity index (χ1) is 8.26. The number of nitriles is 1. The number of nitrogens with zero attached hydrogens (tertiary/aromatic N) is 2. The molecule has 0 aliphatic heterocycles. The third-order valence-electron chi connectivity index (χ3n) is 2.17. The summed E-state index contributed by atoms with van der Waals surface area (Å²) in [5.41, 5.74) is 2.67. The Bertz CT molecular complexity index is 574. The summed E-state index contributed by atoms with van der Waals surface area (Å²) >= 11 is 1.24.